The molecular formula is C66H45BN4. The van der Waals surface area contributed by atoms with Gasteiger partial charge in [-0.15, -0.1) is 0 Å². The van der Waals surface area contributed by atoms with Crippen molar-refractivity contribution in [2.75, 3.05) is 19.6 Å². The van der Waals surface area contributed by atoms with Crippen LogP contribution in [0, 0.1) is 0 Å². The molecular weight excluding hydrogens is 860 g/mol. The molecule has 71 heavy (non-hydrogen) atoms. The van der Waals surface area contributed by atoms with Gasteiger partial charge in [-0.05, 0) is 152 Å². The summed E-state index contributed by atoms with van der Waals surface area (Å²) in [5.41, 5.74) is 17.1. The summed E-state index contributed by atoms with van der Waals surface area (Å²) in [6.45, 7) is -0.0699. The first-order valence-corrected chi connectivity index (χ1v) is 24.5. The fourth-order valence-corrected chi connectivity index (χ4v) is 11.6. The van der Waals surface area contributed by atoms with Gasteiger partial charge in [-0.1, -0.05) is 170 Å². The van der Waals surface area contributed by atoms with Gasteiger partial charge in [0.2, 0.25) is 0 Å². The molecule has 0 saturated carbocycles. The fourth-order valence-electron chi connectivity index (χ4n) is 11.6. The quantitative estimate of drug-likeness (QED) is 0.111. The van der Waals surface area contributed by atoms with Gasteiger partial charge in [-0.25, -0.2) is 0 Å². The summed E-state index contributed by atoms with van der Waals surface area (Å²) < 4.78 is 0. The van der Waals surface area contributed by atoms with Gasteiger partial charge in [0.1, 0.15) is 0 Å². The number of benzene rings is 12. The Kier molecular flexibility index (Phi) is 9.59. The van der Waals surface area contributed by atoms with Crippen molar-refractivity contribution in [1.82, 2.24) is 0 Å². The number of para-hydroxylation sites is 6. The largest absolute Gasteiger partial charge is 0.311 e. The van der Waals surface area contributed by atoms with E-state index in [1.807, 2.05) is 0 Å². The van der Waals surface area contributed by atoms with Gasteiger partial charge in [0, 0.05) is 62.6 Å². The monoisotopic (exact) mass is 904 g/mol. The van der Waals surface area contributed by atoms with E-state index in [2.05, 4.69) is 293 Å². The fraction of sp³-hybridized carbons (Fsp3) is 0. The molecule has 4 nitrogen and oxygen atoms in total. The predicted octanol–water partition coefficient (Wildman–Crippen LogP) is 16.2. The Hall–Kier alpha value is -9.32. The Labute approximate surface area is 414 Å². The van der Waals surface area contributed by atoms with E-state index in [0.29, 0.717) is 0 Å². The molecule has 5 heteroatoms. The molecule has 2 aliphatic rings. The first-order valence-electron chi connectivity index (χ1n) is 24.5. The first kappa shape index (κ1) is 40.7. The zero-order chi connectivity index (χ0) is 46.8. The van der Waals surface area contributed by atoms with E-state index < -0.39 is 0 Å². The van der Waals surface area contributed by atoms with Gasteiger partial charge >= 0.3 is 0 Å². The average Bonchev–Trinajstić information content (AvgIpc) is 3.44. The molecule has 0 fully saturated rings. The minimum Gasteiger partial charge on any atom is -0.311 e. The predicted molar refractivity (Wildman–Crippen MR) is 302 cm³/mol. The van der Waals surface area contributed by atoms with Crippen LogP contribution in [0.3, 0.4) is 0 Å². The molecule has 0 bridgehead atoms. The second kappa shape index (κ2) is 16.7. The van der Waals surface area contributed by atoms with Crippen molar-refractivity contribution in [2.24, 2.45) is 0 Å². The lowest BCUT2D eigenvalue weighted by molar-refractivity contribution is 1.22. The van der Waals surface area contributed by atoms with Crippen LogP contribution in [0.2, 0.25) is 0 Å². The number of nitrogens with zero attached hydrogens (tertiary/aromatic N) is 4. The summed E-state index contributed by atoms with van der Waals surface area (Å²) >= 11 is 0. The minimum atomic E-state index is -0.0699. The molecule has 2 heterocycles. The molecule has 14 rings (SSSR count). The van der Waals surface area contributed by atoms with Crippen LogP contribution in [-0.4, -0.2) is 6.71 Å². The minimum absolute atomic E-state index is 0.0699. The first-order chi connectivity index (χ1) is 35.3. The van der Waals surface area contributed by atoms with Gasteiger partial charge in [0.25, 0.3) is 6.71 Å². The molecule has 12 aromatic rings. The number of rotatable bonds is 8. The van der Waals surface area contributed by atoms with Crippen molar-refractivity contribution in [3.8, 4) is 0 Å². The maximum atomic E-state index is 2.57. The van der Waals surface area contributed by atoms with Crippen LogP contribution >= 0.6 is 0 Å². The lowest BCUT2D eigenvalue weighted by atomic mass is 9.33. The lowest BCUT2D eigenvalue weighted by Crippen LogP contribution is -2.61. The molecule has 0 saturated heterocycles. The Morgan fingerprint density at radius 2 is 0.634 bits per heavy atom. The smallest absolute Gasteiger partial charge is 0.252 e. The van der Waals surface area contributed by atoms with E-state index >= 15 is 0 Å². The zero-order valence-electron chi connectivity index (χ0n) is 38.8. The Balaban J connectivity index is 1.12. The Morgan fingerprint density at radius 1 is 0.239 bits per heavy atom. The highest BCUT2D eigenvalue weighted by Gasteiger charge is 2.44. The molecule has 0 aromatic heterocycles. The van der Waals surface area contributed by atoms with Crippen molar-refractivity contribution >= 4 is 124 Å². The van der Waals surface area contributed by atoms with Crippen LogP contribution in [0.5, 0.6) is 0 Å². The summed E-state index contributed by atoms with van der Waals surface area (Å²) in [7, 11) is 0. The number of anilines is 12. The van der Waals surface area contributed by atoms with Gasteiger partial charge < -0.3 is 19.6 Å². The third-order valence-corrected chi connectivity index (χ3v) is 14.5. The van der Waals surface area contributed by atoms with Crippen LogP contribution in [0.1, 0.15) is 0 Å². The summed E-state index contributed by atoms with van der Waals surface area (Å²) in [6, 6.07) is 100.0. The Bertz CT molecular complexity index is 3850. The third kappa shape index (κ3) is 6.62. The van der Waals surface area contributed by atoms with E-state index in [9.17, 15) is 0 Å². The van der Waals surface area contributed by atoms with Crippen molar-refractivity contribution in [3.63, 3.8) is 0 Å². The lowest BCUT2D eigenvalue weighted by Gasteiger charge is -2.45. The molecule has 0 N–H and O–H groups in total. The molecule has 0 spiro atoms. The van der Waals surface area contributed by atoms with Gasteiger partial charge in [-0.3, -0.25) is 0 Å². The molecule has 0 radical (unpaired) electrons. The van der Waals surface area contributed by atoms with Crippen LogP contribution in [0.25, 0.3) is 32.3 Å². The van der Waals surface area contributed by atoms with Crippen molar-refractivity contribution in [3.05, 3.63) is 273 Å². The van der Waals surface area contributed by atoms with E-state index in [4.69, 9.17) is 0 Å². The van der Waals surface area contributed by atoms with Gasteiger partial charge in [-0.2, -0.15) is 0 Å². The van der Waals surface area contributed by atoms with E-state index in [-0.39, 0.29) is 6.71 Å². The second-order valence-corrected chi connectivity index (χ2v) is 18.5. The average molecular weight is 905 g/mol. The van der Waals surface area contributed by atoms with Crippen molar-refractivity contribution < 1.29 is 0 Å². The summed E-state index contributed by atoms with van der Waals surface area (Å²) in [5.74, 6) is 0. The normalized spacial score (nSPS) is 12.4. The molecule has 2 aliphatic heterocycles. The van der Waals surface area contributed by atoms with Crippen LogP contribution < -0.4 is 36.0 Å². The highest BCUT2D eigenvalue weighted by Crippen LogP contribution is 2.50. The second-order valence-electron chi connectivity index (χ2n) is 18.5. The maximum absolute atomic E-state index is 2.57. The summed E-state index contributed by atoms with van der Waals surface area (Å²) in [5, 5.41) is 7.49. The number of hydrogen-bond acceptors (Lipinski definition) is 4. The van der Waals surface area contributed by atoms with Crippen LogP contribution in [-0.2, 0) is 0 Å². The third-order valence-electron chi connectivity index (χ3n) is 14.5. The van der Waals surface area contributed by atoms with Crippen LogP contribution in [0.4, 0.5) is 68.2 Å². The van der Waals surface area contributed by atoms with E-state index in [1.165, 1.54) is 54.4 Å². The molecule has 12 aromatic carbocycles. The van der Waals surface area contributed by atoms with Gasteiger partial charge in [0.05, 0.1) is 5.69 Å². The van der Waals surface area contributed by atoms with Crippen molar-refractivity contribution in [2.45, 2.75) is 0 Å². The Morgan fingerprint density at radius 3 is 1.17 bits per heavy atom. The topological polar surface area (TPSA) is 13.0 Å². The van der Waals surface area contributed by atoms with E-state index in [1.54, 1.807) is 0 Å². The number of fused-ring (bicyclic) bond motifs is 10. The zero-order valence-corrected chi connectivity index (χ0v) is 38.8. The maximum Gasteiger partial charge on any atom is 0.252 e. The SMILES string of the molecule is c1ccc(N(c2ccccc2)c2ccc3c(c2)N(c2ccc4c5ccccc5c5ccccc5c4c2)c2cc(N(c4ccccc4)c4ccccc4)cc4c2B3c2ccccc2N4c2ccccc2)cc1. The van der Waals surface area contributed by atoms with E-state index in [0.717, 1.165) is 62.6 Å². The highest BCUT2D eigenvalue weighted by molar-refractivity contribution is 7.00. The summed E-state index contributed by atoms with van der Waals surface area (Å²) in [4.78, 5) is 9.85. The van der Waals surface area contributed by atoms with Crippen LogP contribution in [0.15, 0.2) is 273 Å². The van der Waals surface area contributed by atoms with Crippen molar-refractivity contribution in [1.29, 1.82) is 0 Å². The molecule has 0 amide bonds. The molecule has 0 atom stereocenters. The molecule has 0 aliphatic carbocycles. The molecule has 332 valence electrons. The molecule has 0 unspecified atom stereocenters. The summed E-state index contributed by atoms with van der Waals surface area (Å²) in [6.07, 6.45) is 0. The van der Waals surface area contributed by atoms with Gasteiger partial charge in [0.15, 0.2) is 0 Å². The standard InChI is InChI=1S/C66H45BN4/c1-6-22-46(23-7-1)68(47-24-8-2-9-25-47)52-39-41-61-63(43-52)71(51-38-40-58-56-34-17-16-32-54(56)55-33-18-19-35-57(55)59(58)42-51)65-45-53(69(48-26-10-3-11-27-48)49-28-12-4-13-29-49)44-64-66(65)67(61)60-36-20-21-37-62(60)70(64)50-30-14-5-15-31-50/h1-45H. The highest BCUT2D eigenvalue weighted by atomic mass is 15.2. The number of hydrogen-bond donors (Lipinski definition) is 0.